The number of urea groups is 1. The number of nitrogens with one attached hydrogen (secondary N) is 1. The molecule has 62 valence electrons. The van der Waals surface area contributed by atoms with Gasteiger partial charge in [0.05, 0.1) is 21.8 Å². The summed E-state index contributed by atoms with van der Waals surface area (Å²) >= 11 is 3.17. The van der Waals surface area contributed by atoms with Crippen LogP contribution in [0.1, 0.15) is 5.56 Å². The second kappa shape index (κ2) is 2.79. The predicted octanol–water partition coefficient (Wildman–Crippen LogP) is 2.03. The Hall–Kier alpha value is -1.03. The maximum atomic E-state index is 11.1. The summed E-state index contributed by atoms with van der Waals surface area (Å²) in [7, 11) is 0. The van der Waals surface area contributed by atoms with Crippen molar-refractivity contribution in [3.63, 3.8) is 0 Å². The molecule has 3 nitrogen and oxygen atoms in total. The summed E-state index contributed by atoms with van der Waals surface area (Å²) in [5, 5.41) is 2.73. The third-order valence-corrected chi connectivity index (χ3v) is 2.52. The smallest absolute Gasteiger partial charge is 0.332 e. The number of carbonyl (C=O) groups is 1. The fourth-order valence-electron chi connectivity index (χ4n) is 1.20. The number of para-hydroxylation sites is 1. The molecule has 0 radical (unpaired) electrons. The van der Waals surface area contributed by atoms with Crippen molar-refractivity contribution >= 4 is 27.9 Å². The van der Waals surface area contributed by atoms with Crippen LogP contribution in [0.25, 0.3) is 0 Å². The highest BCUT2D eigenvalue weighted by Crippen LogP contribution is 2.26. The first-order chi connectivity index (χ1) is 5.79. The van der Waals surface area contributed by atoms with Crippen molar-refractivity contribution in [1.82, 2.24) is 5.32 Å². The minimum Gasteiger partial charge on any atom is -0.333 e. The topological polar surface area (TPSA) is 32.3 Å². The van der Waals surface area contributed by atoms with E-state index in [1.807, 2.05) is 24.3 Å². The summed E-state index contributed by atoms with van der Waals surface area (Å²) in [5.41, 5.74) is 2.04. The van der Waals surface area contributed by atoms with Gasteiger partial charge >= 0.3 is 6.03 Å². The van der Waals surface area contributed by atoms with Crippen molar-refractivity contribution in [3.05, 3.63) is 29.8 Å². The average molecular weight is 227 g/mol. The zero-order valence-electron chi connectivity index (χ0n) is 6.25. The minimum absolute atomic E-state index is 0.117. The maximum absolute atomic E-state index is 11.1. The normalized spacial score (nSPS) is 15.4. The zero-order chi connectivity index (χ0) is 8.55. The van der Waals surface area contributed by atoms with Gasteiger partial charge in [-0.05, 0) is 11.6 Å². The van der Waals surface area contributed by atoms with Crippen molar-refractivity contribution < 1.29 is 4.79 Å². The molecule has 0 unspecified atom stereocenters. The van der Waals surface area contributed by atoms with E-state index < -0.39 is 0 Å². The van der Waals surface area contributed by atoms with Crippen LogP contribution in [0.15, 0.2) is 24.3 Å². The van der Waals surface area contributed by atoms with Gasteiger partial charge in [0, 0.05) is 6.54 Å². The quantitative estimate of drug-likeness (QED) is 0.675. The lowest BCUT2D eigenvalue weighted by Gasteiger charge is -2.23. The molecule has 0 atom stereocenters. The van der Waals surface area contributed by atoms with Crippen molar-refractivity contribution in [1.29, 1.82) is 0 Å². The molecule has 4 heteroatoms. The summed E-state index contributed by atoms with van der Waals surface area (Å²) in [6, 6.07) is 7.64. The number of rotatable bonds is 0. The molecule has 0 bridgehead atoms. The summed E-state index contributed by atoms with van der Waals surface area (Å²) in [4.78, 5) is 11.1. The molecule has 0 aromatic heterocycles. The molecule has 1 aliphatic heterocycles. The van der Waals surface area contributed by atoms with Gasteiger partial charge in [0.1, 0.15) is 0 Å². The predicted molar refractivity (Wildman–Crippen MR) is 50.1 cm³/mol. The van der Waals surface area contributed by atoms with Crippen molar-refractivity contribution in [3.8, 4) is 0 Å². The summed E-state index contributed by atoms with van der Waals surface area (Å²) in [6.07, 6.45) is 0. The molecule has 1 aromatic rings. The lowest BCUT2D eigenvalue weighted by molar-refractivity contribution is 0.248. The molecule has 0 fully saturated rings. The Balaban J connectivity index is 2.48. The molecule has 0 saturated heterocycles. The Morgan fingerprint density at radius 2 is 2.17 bits per heavy atom. The van der Waals surface area contributed by atoms with Crippen LogP contribution in [-0.2, 0) is 6.54 Å². The highest BCUT2D eigenvalue weighted by molar-refractivity contribution is 9.10. The molecular weight excluding hydrogens is 220 g/mol. The van der Waals surface area contributed by atoms with Crippen LogP contribution in [0.3, 0.4) is 0 Å². The molecule has 2 amide bonds. The number of halogens is 1. The highest BCUT2D eigenvalue weighted by Gasteiger charge is 2.20. The molecule has 2 rings (SSSR count). The van der Waals surface area contributed by atoms with Gasteiger partial charge in [-0.3, -0.25) is 0 Å². The fraction of sp³-hybridized carbons (Fsp3) is 0.125. The van der Waals surface area contributed by atoms with Gasteiger partial charge in [-0.25, -0.2) is 8.72 Å². The summed E-state index contributed by atoms with van der Waals surface area (Å²) < 4.78 is 1.44. The van der Waals surface area contributed by atoms with Gasteiger partial charge in [-0.2, -0.15) is 0 Å². The number of nitrogens with zero attached hydrogens (tertiary/aromatic N) is 1. The van der Waals surface area contributed by atoms with Crippen LogP contribution >= 0.6 is 16.1 Å². The molecular formula is C8H7BrN2O. The van der Waals surface area contributed by atoms with Gasteiger partial charge in [0.15, 0.2) is 0 Å². The number of anilines is 1. The lowest BCUT2D eigenvalue weighted by atomic mass is 10.1. The second-order valence-electron chi connectivity index (χ2n) is 2.57. The molecule has 0 saturated carbocycles. The number of hydrogen-bond donors (Lipinski definition) is 1. The van der Waals surface area contributed by atoms with Gasteiger partial charge in [-0.15, -0.1) is 0 Å². The molecule has 12 heavy (non-hydrogen) atoms. The Labute approximate surface area is 78.7 Å². The number of carbonyl (C=O) groups excluding carboxylic acids is 1. The third-order valence-electron chi connectivity index (χ3n) is 1.81. The largest absolute Gasteiger partial charge is 0.333 e. The third kappa shape index (κ3) is 1.08. The van der Waals surface area contributed by atoms with Crippen LogP contribution in [-0.4, -0.2) is 6.03 Å². The molecule has 1 heterocycles. The minimum atomic E-state index is -0.117. The molecule has 1 aliphatic rings. The van der Waals surface area contributed by atoms with Gasteiger partial charge in [0.25, 0.3) is 0 Å². The van der Waals surface area contributed by atoms with Crippen molar-refractivity contribution in [2.24, 2.45) is 0 Å². The molecule has 0 spiro atoms. The van der Waals surface area contributed by atoms with E-state index in [4.69, 9.17) is 0 Å². The van der Waals surface area contributed by atoms with Crippen molar-refractivity contribution in [2.75, 3.05) is 3.93 Å². The molecule has 1 aromatic carbocycles. The van der Waals surface area contributed by atoms with Crippen LogP contribution in [0, 0.1) is 0 Å². The average Bonchev–Trinajstić information content (AvgIpc) is 2.12. The van der Waals surface area contributed by atoms with Gasteiger partial charge < -0.3 is 5.32 Å². The first-order valence-electron chi connectivity index (χ1n) is 3.60. The van der Waals surface area contributed by atoms with E-state index in [1.165, 1.54) is 3.93 Å². The van der Waals surface area contributed by atoms with E-state index in [1.54, 1.807) is 0 Å². The fourth-order valence-corrected chi connectivity index (χ4v) is 1.67. The number of hydrogen-bond acceptors (Lipinski definition) is 1. The molecule has 1 N–H and O–H groups in total. The highest BCUT2D eigenvalue weighted by atomic mass is 79.9. The lowest BCUT2D eigenvalue weighted by Crippen LogP contribution is -2.37. The summed E-state index contributed by atoms with van der Waals surface area (Å²) in [6.45, 7) is 0.608. The van der Waals surface area contributed by atoms with Crippen LogP contribution < -0.4 is 9.24 Å². The van der Waals surface area contributed by atoms with Crippen LogP contribution in [0.4, 0.5) is 10.5 Å². The number of fused-ring (bicyclic) bond motifs is 1. The van der Waals surface area contributed by atoms with E-state index in [9.17, 15) is 4.79 Å². The second-order valence-corrected chi connectivity index (χ2v) is 3.28. The SMILES string of the molecule is O=C1NCc2ccccc2N1Br. The Bertz CT molecular complexity index is 327. The standard InChI is InChI=1S/C8H7BrN2O/c9-11-7-4-2-1-3-6(7)5-10-8(11)12/h1-4H,5H2,(H,10,12). The van der Waals surface area contributed by atoms with E-state index in [0.29, 0.717) is 6.54 Å². The summed E-state index contributed by atoms with van der Waals surface area (Å²) in [5.74, 6) is 0. The van der Waals surface area contributed by atoms with E-state index >= 15 is 0 Å². The van der Waals surface area contributed by atoms with Gasteiger partial charge in [0.2, 0.25) is 0 Å². The monoisotopic (exact) mass is 226 g/mol. The Kier molecular flexibility index (Phi) is 1.77. The number of benzene rings is 1. The van der Waals surface area contributed by atoms with Crippen LogP contribution in [0.2, 0.25) is 0 Å². The Morgan fingerprint density at radius 3 is 3.00 bits per heavy atom. The van der Waals surface area contributed by atoms with Crippen LogP contribution in [0.5, 0.6) is 0 Å². The van der Waals surface area contributed by atoms with E-state index in [0.717, 1.165) is 11.3 Å². The van der Waals surface area contributed by atoms with E-state index in [-0.39, 0.29) is 6.03 Å². The van der Waals surface area contributed by atoms with Gasteiger partial charge in [-0.1, -0.05) is 18.2 Å². The van der Waals surface area contributed by atoms with E-state index in [2.05, 4.69) is 21.5 Å². The van der Waals surface area contributed by atoms with Crippen molar-refractivity contribution in [2.45, 2.75) is 6.54 Å². The zero-order valence-corrected chi connectivity index (χ0v) is 7.84. The maximum Gasteiger partial charge on any atom is 0.332 e. The first-order valence-corrected chi connectivity index (χ1v) is 4.31. The molecule has 0 aliphatic carbocycles. The Morgan fingerprint density at radius 1 is 1.42 bits per heavy atom. The number of amides is 2. The first kappa shape index (κ1) is 7.61.